The molecule has 0 fully saturated rings. The first-order chi connectivity index (χ1) is 11.6. The van der Waals surface area contributed by atoms with Gasteiger partial charge in [-0.2, -0.15) is 0 Å². The summed E-state index contributed by atoms with van der Waals surface area (Å²) in [4.78, 5) is 11.0. The smallest absolute Gasteiger partial charge is 0.191 e. The Labute approximate surface area is 168 Å². The van der Waals surface area contributed by atoms with Gasteiger partial charge in [0.15, 0.2) is 5.96 Å². The fraction of sp³-hybridized carbons (Fsp3) is 0.368. The number of aryl methyl sites for hydroxylation is 1. The number of nitrogens with one attached hydrogen (secondary N) is 2. The number of hydrogen-bond acceptors (Lipinski definition) is 3. The Morgan fingerprint density at radius 3 is 2.60 bits per heavy atom. The summed E-state index contributed by atoms with van der Waals surface area (Å²) in [6.07, 6.45) is 1.83. The van der Waals surface area contributed by atoms with Crippen LogP contribution in [0.4, 0.5) is 5.82 Å². The van der Waals surface area contributed by atoms with E-state index in [4.69, 9.17) is 0 Å². The van der Waals surface area contributed by atoms with E-state index in [-0.39, 0.29) is 24.0 Å². The number of aliphatic imine (C=N–C) groups is 1. The Morgan fingerprint density at radius 2 is 1.92 bits per heavy atom. The second-order valence-electron chi connectivity index (χ2n) is 5.89. The van der Waals surface area contributed by atoms with Crippen molar-refractivity contribution in [2.75, 3.05) is 25.5 Å². The number of rotatable bonds is 6. The first-order valence-electron chi connectivity index (χ1n) is 8.29. The lowest BCUT2D eigenvalue weighted by Crippen LogP contribution is -2.36. The molecule has 0 bridgehead atoms. The molecule has 1 aromatic heterocycles. The number of pyridine rings is 1. The summed E-state index contributed by atoms with van der Waals surface area (Å²) in [6.45, 7) is 6.41. The van der Waals surface area contributed by atoms with Crippen molar-refractivity contribution in [3.63, 3.8) is 0 Å². The number of hydrogen-bond donors (Lipinski definition) is 2. The van der Waals surface area contributed by atoms with Crippen LogP contribution in [0.25, 0.3) is 0 Å². The number of halogens is 1. The van der Waals surface area contributed by atoms with Crippen LogP contribution in [-0.4, -0.2) is 31.6 Å². The first-order valence-corrected chi connectivity index (χ1v) is 8.29. The molecule has 0 radical (unpaired) electrons. The molecule has 0 unspecified atom stereocenters. The monoisotopic (exact) mass is 453 g/mol. The molecule has 2 rings (SSSR count). The van der Waals surface area contributed by atoms with Crippen LogP contribution in [0.3, 0.4) is 0 Å². The molecule has 1 heterocycles. The minimum absolute atomic E-state index is 0. The van der Waals surface area contributed by atoms with Crippen LogP contribution in [0.5, 0.6) is 0 Å². The molecule has 5 nitrogen and oxygen atoms in total. The van der Waals surface area contributed by atoms with Crippen molar-refractivity contribution in [3.8, 4) is 0 Å². The van der Waals surface area contributed by atoms with E-state index in [1.165, 1.54) is 11.1 Å². The molecule has 6 heteroatoms. The topological polar surface area (TPSA) is 52.6 Å². The number of nitrogens with zero attached hydrogens (tertiary/aromatic N) is 3. The minimum atomic E-state index is 0. The summed E-state index contributed by atoms with van der Waals surface area (Å²) >= 11 is 0. The third kappa shape index (κ3) is 6.89. The maximum atomic E-state index is 4.68. The average molecular weight is 453 g/mol. The summed E-state index contributed by atoms with van der Waals surface area (Å²) < 4.78 is 0. The van der Waals surface area contributed by atoms with Gasteiger partial charge in [0.1, 0.15) is 5.82 Å². The fourth-order valence-corrected chi connectivity index (χ4v) is 2.30. The highest BCUT2D eigenvalue weighted by molar-refractivity contribution is 14.0. The molecule has 0 atom stereocenters. The van der Waals surface area contributed by atoms with Crippen LogP contribution in [0.15, 0.2) is 47.6 Å². The van der Waals surface area contributed by atoms with E-state index >= 15 is 0 Å². The maximum absolute atomic E-state index is 4.68. The Kier molecular flexibility index (Phi) is 9.26. The van der Waals surface area contributed by atoms with Crippen molar-refractivity contribution in [1.82, 2.24) is 15.6 Å². The van der Waals surface area contributed by atoms with Crippen molar-refractivity contribution in [2.24, 2.45) is 4.99 Å². The average Bonchev–Trinajstić information content (AvgIpc) is 2.59. The zero-order chi connectivity index (χ0) is 17.4. The van der Waals surface area contributed by atoms with Crippen molar-refractivity contribution >= 4 is 35.8 Å². The van der Waals surface area contributed by atoms with Gasteiger partial charge in [0.05, 0.1) is 6.54 Å². The Hall–Kier alpha value is -1.83. The zero-order valence-corrected chi connectivity index (χ0v) is 17.7. The summed E-state index contributed by atoms with van der Waals surface area (Å²) in [5.41, 5.74) is 3.70. The molecule has 0 spiro atoms. The van der Waals surface area contributed by atoms with Crippen LogP contribution < -0.4 is 15.5 Å². The SMILES string of the molecule is CCNC(=NCc1ccnc(N(C)C)c1)NCc1ccccc1C.I. The van der Waals surface area contributed by atoms with Gasteiger partial charge in [0.25, 0.3) is 0 Å². The molecule has 0 aliphatic rings. The molecule has 0 amide bonds. The molecular weight excluding hydrogens is 425 g/mol. The van der Waals surface area contributed by atoms with Gasteiger partial charge >= 0.3 is 0 Å². The highest BCUT2D eigenvalue weighted by Crippen LogP contribution is 2.10. The van der Waals surface area contributed by atoms with E-state index in [1.54, 1.807) is 0 Å². The first kappa shape index (κ1) is 21.2. The molecule has 0 saturated carbocycles. The normalized spacial score (nSPS) is 10.8. The number of guanidine groups is 1. The van der Waals surface area contributed by atoms with Crippen LogP contribution in [0, 0.1) is 6.92 Å². The van der Waals surface area contributed by atoms with E-state index in [2.05, 4.69) is 64.8 Å². The highest BCUT2D eigenvalue weighted by Gasteiger charge is 2.02. The van der Waals surface area contributed by atoms with Gasteiger partial charge in [-0.05, 0) is 42.7 Å². The number of aromatic nitrogens is 1. The van der Waals surface area contributed by atoms with Gasteiger partial charge < -0.3 is 15.5 Å². The van der Waals surface area contributed by atoms with Gasteiger partial charge in [-0.15, -0.1) is 24.0 Å². The van der Waals surface area contributed by atoms with Gasteiger partial charge in [0, 0.05) is 33.4 Å². The molecule has 1 aromatic carbocycles. The van der Waals surface area contributed by atoms with Crippen molar-refractivity contribution in [3.05, 3.63) is 59.3 Å². The van der Waals surface area contributed by atoms with Gasteiger partial charge in [-0.3, -0.25) is 0 Å². The van der Waals surface area contributed by atoms with Crippen molar-refractivity contribution in [2.45, 2.75) is 26.9 Å². The molecule has 2 N–H and O–H groups in total. The molecular formula is C19H28IN5. The molecule has 2 aromatic rings. The van der Waals surface area contributed by atoms with Gasteiger partial charge in [0.2, 0.25) is 0 Å². The van der Waals surface area contributed by atoms with E-state index < -0.39 is 0 Å². The van der Waals surface area contributed by atoms with Crippen LogP contribution in [0.2, 0.25) is 0 Å². The van der Waals surface area contributed by atoms with Crippen molar-refractivity contribution in [1.29, 1.82) is 0 Å². The van der Waals surface area contributed by atoms with Crippen LogP contribution in [0.1, 0.15) is 23.6 Å². The second-order valence-corrected chi connectivity index (χ2v) is 5.89. The third-order valence-corrected chi connectivity index (χ3v) is 3.74. The molecule has 25 heavy (non-hydrogen) atoms. The highest BCUT2D eigenvalue weighted by atomic mass is 127. The lowest BCUT2D eigenvalue weighted by Gasteiger charge is -2.14. The molecule has 0 aliphatic carbocycles. The molecule has 136 valence electrons. The summed E-state index contributed by atoms with van der Waals surface area (Å²) in [6, 6.07) is 12.5. The minimum Gasteiger partial charge on any atom is -0.363 e. The largest absolute Gasteiger partial charge is 0.363 e. The molecule has 0 aliphatic heterocycles. The summed E-state index contributed by atoms with van der Waals surface area (Å²) in [5.74, 6) is 1.77. The number of anilines is 1. The van der Waals surface area contributed by atoms with Crippen LogP contribution >= 0.6 is 24.0 Å². The van der Waals surface area contributed by atoms with E-state index in [0.29, 0.717) is 6.54 Å². The zero-order valence-electron chi connectivity index (χ0n) is 15.4. The van der Waals surface area contributed by atoms with E-state index in [1.807, 2.05) is 31.3 Å². The van der Waals surface area contributed by atoms with Gasteiger partial charge in [-0.25, -0.2) is 9.98 Å². The fourth-order valence-electron chi connectivity index (χ4n) is 2.30. The summed E-state index contributed by atoms with van der Waals surface area (Å²) in [7, 11) is 3.98. The lowest BCUT2D eigenvalue weighted by molar-refractivity contribution is 0.812. The Morgan fingerprint density at radius 1 is 1.16 bits per heavy atom. The van der Waals surface area contributed by atoms with Crippen molar-refractivity contribution < 1.29 is 0 Å². The number of benzene rings is 1. The maximum Gasteiger partial charge on any atom is 0.191 e. The predicted octanol–water partition coefficient (Wildman–Crippen LogP) is 3.33. The summed E-state index contributed by atoms with van der Waals surface area (Å²) in [5, 5.41) is 6.69. The standard InChI is InChI=1S/C19H27N5.HI/c1-5-20-19(23-14-17-9-7-6-8-15(17)2)22-13-16-10-11-21-18(12-16)24(3)4;/h6-12H,5,13-14H2,1-4H3,(H2,20,22,23);1H. The molecule has 0 saturated heterocycles. The quantitative estimate of drug-likeness (QED) is 0.400. The lowest BCUT2D eigenvalue weighted by atomic mass is 10.1. The second kappa shape index (κ2) is 10.9. The Balaban J connectivity index is 0.00000312. The third-order valence-electron chi connectivity index (χ3n) is 3.74. The van der Waals surface area contributed by atoms with Gasteiger partial charge in [-0.1, -0.05) is 24.3 Å². The Bertz CT molecular complexity index is 685. The van der Waals surface area contributed by atoms with E-state index in [9.17, 15) is 0 Å². The predicted molar refractivity (Wildman–Crippen MR) is 117 cm³/mol. The van der Waals surface area contributed by atoms with Crippen LogP contribution in [-0.2, 0) is 13.1 Å². The van der Waals surface area contributed by atoms with E-state index in [0.717, 1.165) is 30.4 Å².